The lowest BCUT2D eigenvalue weighted by molar-refractivity contribution is -0.132. The minimum Gasteiger partial charge on any atom is -0.361 e. The number of carbonyl (C=O) groups is 1. The van der Waals surface area contributed by atoms with Crippen LogP contribution in [-0.2, 0) is 11.2 Å². The van der Waals surface area contributed by atoms with Gasteiger partial charge in [-0.05, 0) is 37.0 Å². The molecule has 2 N–H and O–H groups in total. The first-order chi connectivity index (χ1) is 11.4. The Labute approximate surface area is 142 Å². The smallest absolute Gasteiger partial charge is 0.248 e. The maximum atomic E-state index is 13.4. The van der Waals surface area contributed by atoms with Crippen molar-refractivity contribution in [1.82, 2.24) is 10.3 Å². The third kappa shape index (κ3) is 3.69. The van der Waals surface area contributed by atoms with Gasteiger partial charge in [-0.2, -0.15) is 0 Å². The molecule has 1 unspecified atom stereocenters. The summed E-state index contributed by atoms with van der Waals surface area (Å²) in [5.74, 6) is -4.18. The Balaban J connectivity index is 1.58. The first-order valence-corrected chi connectivity index (χ1v) is 8.34. The quantitative estimate of drug-likeness (QED) is 0.833. The molecule has 1 aromatic heterocycles. The lowest BCUT2D eigenvalue weighted by Gasteiger charge is -2.27. The Morgan fingerprint density at radius 3 is 2.96 bits per heavy atom. The third-order valence-electron chi connectivity index (χ3n) is 4.51. The fraction of sp³-hybridized carbons (Fsp3) is 0.471. The van der Waals surface area contributed by atoms with Crippen molar-refractivity contribution in [2.24, 2.45) is 5.92 Å². The monoisotopic (exact) mass is 358 g/mol. The highest BCUT2D eigenvalue weighted by molar-refractivity contribution is 6.31. The zero-order valence-electron chi connectivity index (χ0n) is 13.0. The van der Waals surface area contributed by atoms with E-state index in [1.807, 2.05) is 0 Å². The largest absolute Gasteiger partial charge is 0.361 e. The van der Waals surface area contributed by atoms with Crippen LogP contribution in [0.1, 0.15) is 31.2 Å². The van der Waals surface area contributed by atoms with Crippen LogP contribution in [-0.4, -0.2) is 23.4 Å². The summed E-state index contributed by atoms with van der Waals surface area (Å²) in [4.78, 5) is 15.0. The molecule has 0 saturated heterocycles. The van der Waals surface area contributed by atoms with Gasteiger partial charge in [0.05, 0.1) is 5.02 Å². The molecule has 0 radical (unpaired) electrons. The number of benzene rings is 1. The van der Waals surface area contributed by atoms with Crippen molar-refractivity contribution in [1.29, 1.82) is 0 Å². The molecule has 3 rings (SSSR count). The van der Waals surface area contributed by atoms with Crippen LogP contribution in [0.4, 0.5) is 13.2 Å². The first kappa shape index (κ1) is 17.1. The molecule has 1 fully saturated rings. The predicted octanol–water partition coefficient (Wildman–Crippen LogP) is 4.44. The van der Waals surface area contributed by atoms with Gasteiger partial charge in [-0.25, -0.2) is 13.2 Å². The van der Waals surface area contributed by atoms with Gasteiger partial charge in [-0.3, -0.25) is 4.79 Å². The van der Waals surface area contributed by atoms with Crippen molar-refractivity contribution in [3.8, 4) is 0 Å². The number of hydrogen-bond donors (Lipinski definition) is 2. The molecule has 1 aromatic carbocycles. The number of rotatable bonds is 4. The summed E-state index contributed by atoms with van der Waals surface area (Å²) in [5.41, 5.74) is 1.52. The second kappa shape index (κ2) is 6.67. The van der Waals surface area contributed by atoms with Crippen LogP contribution in [0.15, 0.2) is 18.3 Å². The molecule has 7 heteroatoms. The van der Waals surface area contributed by atoms with Gasteiger partial charge in [0.2, 0.25) is 11.8 Å². The fourth-order valence-corrected chi connectivity index (χ4v) is 3.41. The number of halogens is 4. The van der Waals surface area contributed by atoms with Crippen molar-refractivity contribution in [3.63, 3.8) is 0 Å². The van der Waals surface area contributed by atoms with E-state index < -0.39 is 17.7 Å². The van der Waals surface area contributed by atoms with E-state index in [0.29, 0.717) is 31.3 Å². The molecule has 2 aromatic rings. The zero-order valence-corrected chi connectivity index (χ0v) is 13.7. The highest BCUT2D eigenvalue weighted by Crippen LogP contribution is 2.36. The van der Waals surface area contributed by atoms with Gasteiger partial charge >= 0.3 is 0 Å². The van der Waals surface area contributed by atoms with Gasteiger partial charge in [-0.15, -0.1) is 0 Å². The second-order valence-corrected chi connectivity index (χ2v) is 6.72. The number of nitrogens with one attached hydrogen (secondary N) is 2. The topological polar surface area (TPSA) is 44.9 Å². The summed E-state index contributed by atoms with van der Waals surface area (Å²) in [6.45, 7) is 0.336. The highest BCUT2D eigenvalue weighted by Gasteiger charge is 2.38. The summed E-state index contributed by atoms with van der Waals surface area (Å²) < 4.78 is 40.2. The van der Waals surface area contributed by atoms with Crippen LogP contribution in [0.2, 0.25) is 5.02 Å². The van der Waals surface area contributed by atoms with E-state index in [1.54, 1.807) is 12.3 Å². The van der Waals surface area contributed by atoms with Crippen molar-refractivity contribution < 1.29 is 18.0 Å². The van der Waals surface area contributed by atoms with Gasteiger partial charge in [0, 0.05) is 42.4 Å². The predicted molar refractivity (Wildman–Crippen MR) is 86.9 cm³/mol. The third-order valence-corrected chi connectivity index (χ3v) is 4.80. The van der Waals surface area contributed by atoms with E-state index in [-0.39, 0.29) is 23.8 Å². The van der Waals surface area contributed by atoms with E-state index in [1.165, 1.54) is 6.07 Å². The summed E-state index contributed by atoms with van der Waals surface area (Å²) >= 11 is 5.80. The lowest BCUT2D eigenvalue weighted by Crippen LogP contribution is -2.38. The van der Waals surface area contributed by atoms with E-state index in [0.717, 1.165) is 10.9 Å². The Kier molecular flexibility index (Phi) is 4.76. The summed E-state index contributed by atoms with van der Waals surface area (Å²) in [5, 5.41) is 3.56. The number of H-pyrrole nitrogens is 1. The van der Waals surface area contributed by atoms with Gasteiger partial charge in [-0.1, -0.05) is 11.6 Å². The molecule has 0 spiro atoms. The van der Waals surface area contributed by atoms with Crippen LogP contribution < -0.4 is 5.32 Å². The molecule has 1 aliphatic carbocycles. The Morgan fingerprint density at radius 1 is 1.42 bits per heavy atom. The summed E-state index contributed by atoms with van der Waals surface area (Å²) in [6.07, 6.45) is 2.61. The van der Waals surface area contributed by atoms with Crippen LogP contribution in [0, 0.1) is 11.7 Å². The summed E-state index contributed by atoms with van der Waals surface area (Å²) in [6, 6.07) is 2.87. The number of aromatic amines is 1. The van der Waals surface area contributed by atoms with Gasteiger partial charge in [0.25, 0.3) is 0 Å². The molecular weight excluding hydrogens is 341 g/mol. The van der Waals surface area contributed by atoms with Gasteiger partial charge in [0.15, 0.2) is 0 Å². The minimum atomic E-state index is -2.74. The number of carbonyl (C=O) groups excluding carboxylic acids is 1. The Hall–Kier alpha value is -1.69. The van der Waals surface area contributed by atoms with Crippen LogP contribution in [0.25, 0.3) is 10.9 Å². The second-order valence-electron chi connectivity index (χ2n) is 6.32. The van der Waals surface area contributed by atoms with E-state index >= 15 is 0 Å². The fourth-order valence-electron chi connectivity index (χ4n) is 3.24. The average molecular weight is 359 g/mol. The molecule has 3 nitrogen and oxygen atoms in total. The van der Waals surface area contributed by atoms with Crippen molar-refractivity contribution in [2.45, 2.75) is 38.0 Å². The zero-order chi connectivity index (χ0) is 17.3. The minimum absolute atomic E-state index is 0.0387. The number of amides is 1. The number of alkyl halides is 2. The molecule has 1 atom stereocenters. The van der Waals surface area contributed by atoms with E-state index in [4.69, 9.17) is 11.6 Å². The van der Waals surface area contributed by atoms with Crippen molar-refractivity contribution in [2.75, 3.05) is 6.54 Å². The molecule has 1 heterocycles. The molecule has 130 valence electrons. The number of fused-ring (bicyclic) bond motifs is 1. The molecule has 0 aliphatic heterocycles. The standard InChI is InChI=1S/C17H18ClF3N2O/c18-13-6-12-11(9-23-15(12)7-14(13)19)3-5-22-16(24)10-2-1-4-17(20,21)8-10/h6-7,9-10,23H,1-5,8H2,(H,22,24). The Bertz CT molecular complexity index is 760. The maximum absolute atomic E-state index is 13.4. The average Bonchev–Trinajstić information content (AvgIpc) is 2.89. The Morgan fingerprint density at radius 2 is 2.21 bits per heavy atom. The van der Waals surface area contributed by atoms with Crippen LogP contribution >= 0.6 is 11.6 Å². The van der Waals surface area contributed by atoms with Gasteiger partial charge < -0.3 is 10.3 Å². The number of hydrogen-bond acceptors (Lipinski definition) is 1. The van der Waals surface area contributed by atoms with Crippen LogP contribution in [0.3, 0.4) is 0 Å². The normalized spacial score (nSPS) is 20.2. The summed E-state index contributed by atoms with van der Waals surface area (Å²) in [7, 11) is 0. The maximum Gasteiger partial charge on any atom is 0.248 e. The molecule has 1 aliphatic rings. The SMILES string of the molecule is O=C(NCCc1c[nH]c2cc(F)c(Cl)cc12)C1CCCC(F)(F)C1. The molecular formula is C17H18ClF3N2O. The van der Waals surface area contributed by atoms with Crippen LogP contribution in [0.5, 0.6) is 0 Å². The van der Waals surface area contributed by atoms with E-state index in [9.17, 15) is 18.0 Å². The van der Waals surface area contributed by atoms with Crippen molar-refractivity contribution >= 4 is 28.4 Å². The molecule has 0 bridgehead atoms. The van der Waals surface area contributed by atoms with E-state index in [2.05, 4.69) is 10.3 Å². The first-order valence-electron chi connectivity index (χ1n) is 7.96. The number of aromatic nitrogens is 1. The molecule has 24 heavy (non-hydrogen) atoms. The van der Waals surface area contributed by atoms with Gasteiger partial charge in [0.1, 0.15) is 5.82 Å². The highest BCUT2D eigenvalue weighted by atomic mass is 35.5. The molecule has 1 amide bonds. The molecule has 1 saturated carbocycles. The van der Waals surface area contributed by atoms with Crippen molar-refractivity contribution in [3.05, 3.63) is 34.7 Å². The lowest BCUT2D eigenvalue weighted by atomic mass is 9.86.